The van der Waals surface area contributed by atoms with Gasteiger partial charge in [0.1, 0.15) is 12.7 Å². The first-order chi connectivity index (χ1) is 8.65. The molecule has 0 aliphatic rings. The Morgan fingerprint density at radius 1 is 1.50 bits per heavy atom. The molecule has 0 fully saturated rings. The number of carbonyl (C=O) groups excluding carboxylic acids is 1. The largest absolute Gasteiger partial charge is 0.326 e. The van der Waals surface area contributed by atoms with Crippen molar-refractivity contribution >= 4 is 27.5 Å². The van der Waals surface area contributed by atoms with Crippen LogP contribution < -0.4 is 5.32 Å². The maximum atomic E-state index is 11.8. The number of benzene rings is 1. The number of aryl methyl sites for hydroxylation is 2. The average Bonchev–Trinajstić information content (AvgIpc) is 2.83. The maximum Gasteiger partial charge on any atom is 0.226 e. The van der Waals surface area contributed by atoms with Crippen LogP contribution in [0.1, 0.15) is 12.0 Å². The molecule has 1 amide bonds. The molecular formula is C12H13BrN4O. The first kappa shape index (κ1) is 12.8. The highest BCUT2D eigenvalue weighted by Crippen LogP contribution is 2.20. The van der Waals surface area contributed by atoms with E-state index < -0.39 is 0 Å². The molecule has 0 atom stereocenters. The third-order valence-corrected chi connectivity index (χ3v) is 2.99. The Morgan fingerprint density at radius 2 is 2.33 bits per heavy atom. The SMILES string of the molecule is Cc1cc(Br)ccc1NC(=O)CCn1cncn1. The molecule has 0 aliphatic carbocycles. The second-order valence-corrected chi connectivity index (χ2v) is 4.83. The van der Waals surface area contributed by atoms with Crippen LogP contribution in [-0.2, 0) is 11.3 Å². The standard InChI is InChI=1S/C12H13BrN4O/c1-9-6-10(13)2-3-11(9)16-12(18)4-5-17-8-14-7-15-17/h2-3,6-8H,4-5H2,1H3,(H,16,18). The number of anilines is 1. The molecule has 0 radical (unpaired) electrons. The van der Waals surface area contributed by atoms with Gasteiger partial charge in [-0.25, -0.2) is 4.98 Å². The van der Waals surface area contributed by atoms with Gasteiger partial charge in [-0.1, -0.05) is 15.9 Å². The molecule has 18 heavy (non-hydrogen) atoms. The van der Waals surface area contributed by atoms with Crippen LogP contribution in [0.15, 0.2) is 35.3 Å². The molecule has 1 heterocycles. The third kappa shape index (κ3) is 3.40. The van der Waals surface area contributed by atoms with Gasteiger partial charge in [-0.2, -0.15) is 5.10 Å². The lowest BCUT2D eigenvalue weighted by molar-refractivity contribution is -0.116. The van der Waals surface area contributed by atoms with Gasteiger partial charge >= 0.3 is 0 Å². The summed E-state index contributed by atoms with van der Waals surface area (Å²) in [5.41, 5.74) is 1.86. The summed E-state index contributed by atoms with van der Waals surface area (Å²) in [4.78, 5) is 15.6. The summed E-state index contributed by atoms with van der Waals surface area (Å²) in [5.74, 6) is -0.0316. The van der Waals surface area contributed by atoms with Crippen molar-refractivity contribution in [2.75, 3.05) is 5.32 Å². The number of aromatic nitrogens is 3. The summed E-state index contributed by atoms with van der Waals surface area (Å²) in [5, 5.41) is 6.82. The summed E-state index contributed by atoms with van der Waals surface area (Å²) < 4.78 is 2.63. The number of hydrogen-bond donors (Lipinski definition) is 1. The number of nitrogens with one attached hydrogen (secondary N) is 1. The Balaban J connectivity index is 1.91. The van der Waals surface area contributed by atoms with E-state index in [4.69, 9.17) is 0 Å². The van der Waals surface area contributed by atoms with Gasteiger partial charge in [-0.15, -0.1) is 0 Å². The second kappa shape index (κ2) is 5.77. The van der Waals surface area contributed by atoms with Gasteiger partial charge in [-0.3, -0.25) is 9.48 Å². The zero-order chi connectivity index (χ0) is 13.0. The Bertz CT molecular complexity index is 539. The predicted molar refractivity (Wildman–Crippen MR) is 72.1 cm³/mol. The smallest absolute Gasteiger partial charge is 0.226 e. The van der Waals surface area contributed by atoms with Crippen molar-refractivity contribution in [2.45, 2.75) is 19.9 Å². The van der Waals surface area contributed by atoms with Crippen LogP contribution in [0.2, 0.25) is 0 Å². The van der Waals surface area contributed by atoms with E-state index in [2.05, 4.69) is 31.3 Å². The quantitative estimate of drug-likeness (QED) is 0.943. The molecule has 0 bridgehead atoms. The van der Waals surface area contributed by atoms with Crippen LogP contribution in [0.5, 0.6) is 0 Å². The summed E-state index contributed by atoms with van der Waals surface area (Å²) in [7, 11) is 0. The molecule has 5 nitrogen and oxygen atoms in total. The highest BCUT2D eigenvalue weighted by atomic mass is 79.9. The highest BCUT2D eigenvalue weighted by Gasteiger charge is 2.05. The zero-order valence-corrected chi connectivity index (χ0v) is 11.5. The molecule has 1 N–H and O–H groups in total. The number of hydrogen-bond acceptors (Lipinski definition) is 3. The lowest BCUT2D eigenvalue weighted by Crippen LogP contribution is -2.15. The molecule has 0 unspecified atom stereocenters. The Kier molecular flexibility index (Phi) is 4.09. The minimum Gasteiger partial charge on any atom is -0.326 e. The van der Waals surface area contributed by atoms with Crippen molar-refractivity contribution in [1.82, 2.24) is 14.8 Å². The van der Waals surface area contributed by atoms with E-state index in [1.165, 1.54) is 6.33 Å². The number of carbonyl (C=O) groups is 1. The number of nitrogens with zero attached hydrogens (tertiary/aromatic N) is 3. The van der Waals surface area contributed by atoms with Gasteiger partial charge in [-0.05, 0) is 30.7 Å². The molecule has 2 aromatic rings. The van der Waals surface area contributed by atoms with Gasteiger partial charge in [0, 0.05) is 16.6 Å². The number of rotatable bonds is 4. The fourth-order valence-electron chi connectivity index (χ4n) is 1.54. The summed E-state index contributed by atoms with van der Waals surface area (Å²) in [6.07, 6.45) is 3.42. The topological polar surface area (TPSA) is 59.8 Å². The summed E-state index contributed by atoms with van der Waals surface area (Å²) in [6.45, 7) is 2.49. The zero-order valence-electron chi connectivity index (χ0n) is 9.93. The van der Waals surface area contributed by atoms with Gasteiger partial charge in [0.2, 0.25) is 5.91 Å². The van der Waals surface area contributed by atoms with Crippen molar-refractivity contribution in [1.29, 1.82) is 0 Å². The Morgan fingerprint density at radius 3 is 3.00 bits per heavy atom. The molecule has 0 saturated carbocycles. The molecule has 0 saturated heterocycles. The van der Waals surface area contributed by atoms with Gasteiger partial charge < -0.3 is 5.32 Å². The Labute approximate surface area is 113 Å². The van der Waals surface area contributed by atoms with Crippen molar-refractivity contribution in [3.05, 3.63) is 40.9 Å². The van der Waals surface area contributed by atoms with E-state index in [0.29, 0.717) is 13.0 Å². The third-order valence-electron chi connectivity index (χ3n) is 2.50. The van der Waals surface area contributed by atoms with Gasteiger partial charge in [0.05, 0.1) is 6.54 Å². The number of halogens is 1. The monoisotopic (exact) mass is 308 g/mol. The van der Waals surface area contributed by atoms with E-state index in [1.807, 2.05) is 25.1 Å². The van der Waals surface area contributed by atoms with Crippen LogP contribution in [-0.4, -0.2) is 20.7 Å². The van der Waals surface area contributed by atoms with E-state index in [0.717, 1.165) is 15.7 Å². The molecular weight excluding hydrogens is 296 g/mol. The van der Waals surface area contributed by atoms with Crippen LogP contribution in [0.3, 0.4) is 0 Å². The summed E-state index contributed by atoms with van der Waals surface area (Å²) >= 11 is 3.39. The van der Waals surface area contributed by atoms with Crippen LogP contribution in [0, 0.1) is 6.92 Å². The van der Waals surface area contributed by atoms with Crippen LogP contribution >= 0.6 is 15.9 Å². The first-order valence-electron chi connectivity index (χ1n) is 5.53. The van der Waals surface area contributed by atoms with Crippen LogP contribution in [0.4, 0.5) is 5.69 Å². The highest BCUT2D eigenvalue weighted by molar-refractivity contribution is 9.10. The fraction of sp³-hybridized carbons (Fsp3) is 0.250. The second-order valence-electron chi connectivity index (χ2n) is 3.92. The normalized spacial score (nSPS) is 10.3. The van der Waals surface area contributed by atoms with E-state index in [1.54, 1.807) is 11.0 Å². The average molecular weight is 309 g/mol. The predicted octanol–water partition coefficient (Wildman–Crippen LogP) is 2.38. The van der Waals surface area contributed by atoms with Crippen molar-refractivity contribution in [3.8, 4) is 0 Å². The lowest BCUT2D eigenvalue weighted by atomic mass is 10.2. The first-order valence-corrected chi connectivity index (χ1v) is 6.33. The van der Waals surface area contributed by atoms with Crippen molar-refractivity contribution in [3.63, 3.8) is 0 Å². The van der Waals surface area contributed by atoms with E-state index in [9.17, 15) is 4.79 Å². The van der Waals surface area contributed by atoms with Gasteiger partial charge in [0.25, 0.3) is 0 Å². The Hall–Kier alpha value is -1.69. The van der Waals surface area contributed by atoms with Crippen LogP contribution in [0.25, 0.3) is 0 Å². The molecule has 0 spiro atoms. The molecule has 2 rings (SSSR count). The minimum atomic E-state index is -0.0316. The maximum absolute atomic E-state index is 11.8. The summed E-state index contributed by atoms with van der Waals surface area (Å²) in [6, 6.07) is 5.75. The minimum absolute atomic E-state index is 0.0316. The van der Waals surface area contributed by atoms with Crippen molar-refractivity contribution < 1.29 is 4.79 Å². The lowest BCUT2D eigenvalue weighted by Gasteiger charge is -2.08. The molecule has 94 valence electrons. The molecule has 0 aliphatic heterocycles. The molecule has 1 aromatic heterocycles. The van der Waals surface area contributed by atoms with E-state index >= 15 is 0 Å². The number of amides is 1. The van der Waals surface area contributed by atoms with Gasteiger partial charge in [0.15, 0.2) is 0 Å². The molecule has 1 aromatic carbocycles. The molecule has 6 heteroatoms. The van der Waals surface area contributed by atoms with Crippen molar-refractivity contribution in [2.24, 2.45) is 0 Å². The van der Waals surface area contributed by atoms with E-state index in [-0.39, 0.29) is 5.91 Å². The fourth-order valence-corrected chi connectivity index (χ4v) is 2.02.